The van der Waals surface area contributed by atoms with Crippen LogP contribution >= 0.6 is 11.3 Å². The lowest BCUT2D eigenvalue weighted by molar-refractivity contribution is -0.125. The van der Waals surface area contributed by atoms with Crippen LogP contribution in [0.15, 0.2) is 11.7 Å². The predicted octanol–water partition coefficient (Wildman–Crippen LogP) is 3.33. The van der Waals surface area contributed by atoms with Crippen molar-refractivity contribution in [1.29, 1.82) is 0 Å². The van der Waals surface area contributed by atoms with Crippen LogP contribution in [0.25, 0.3) is 0 Å². The van der Waals surface area contributed by atoms with Crippen LogP contribution in [0.2, 0.25) is 0 Å². The lowest BCUT2D eigenvalue weighted by atomic mass is 9.74. The fourth-order valence-corrected chi connectivity index (χ4v) is 3.21. The van der Waals surface area contributed by atoms with Gasteiger partial charge in [-0.25, -0.2) is 0 Å². The summed E-state index contributed by atoms with van der Waals surface area (Å²) in [4.78, 5) is 17.2. The first-order valence-corrected chi connectivity index (χ1v) is 6.95. The van der Waals surface area contributed by atoms with Crippen molar-refractivity contribution in [3.8, 4) is 0 Å². The number of aromatic nitrogens is 1. The smallest absolute Gasteiger partial charge is 0.136 e. The fourth-order valence-electron chi connectivity index (χ4n) is 2.53. The van der Waals surface area contributed by atoms with Crippen molar-refractivity contribution in [1.82, 2.24) is 4.98 Å². The molecule has 0 N–H and O–H groups in total. The third-order valence-electron chi connectivity index (χ3n) is 3.68. The molecular weight excluding hydrogens is 218 g/mol. The molecule has 0 spiro atoms. The van der Waals surface area contributed by atoms with Gasteiger partial charge in [0.2, 0.25) is 0 Å². The largest absolute Gasteiger partial charge is 0.299 e. The second kappa shape index (κ2) is 5.09. The average molecular weight is 237 g/mol. The Morgan fingerprint density at radius 1 is 1.56 bits per heavy atom. The summed E-state index contributed by atoms with van der Waals surface area (Å²) in [5.74, 6) is 2.15. The lowest BCUT2D eigenvalue weighted by Gasteiger charge is -2.30. The molecule has 1 heterocycles. The van der Waals surface area contributed by atoms with Gasteiger partial charge in [-0.1, -0.05) is 13.8 Å². The highest BCUT2D eigenvalue weighted by molar-refractivity contribution is 7.09. The molecule has 0 aliphatic heterocycles. The molecule has 1 aliphatic carbocycles. The number of hydrogen-bond donors (Lipinski definition) is 0. The van der Waals surface area contributed by atoms with Gasteiger partial charge in [0.25, 0.3) is 0 Å². The monoisotopic (exact) mass is 237 g/mol. The first-order valence-electron chi connectivity index (χ1n) is 6.07. The van der Waals surface area contributed by atoms with E-state index in [1.807, 2.05) is 11.7 Å². The predicted molar refractivity (Wildman–Crippen MR) is 66.5 cm³/mol. The number of ketones is 1. The highest BCUT2D eigenvalue weighted by Gasteiger charge is 2.30. The van der Waals surface area contributed by atoms with Gasteiger partial charge >= 0.3 is 0 Å². The molecule has 1 aromatic rings. The van der Waals surface area contributed by atoms with E-state index in [0.29, 0.717) is 11.7 Å². The quantitative estimate of drug-likeness (QED) is 0.807. The first kappa shape index (κ1) is 11.8. The molecule has 2 atom stereocenters. The maximum absolute atomic E-state index is 11.9. The Kier molecular flexibility index (Phi) is 3.74. The van der Waals surface area contributed by atoms with Gasteiger partial charge in [0, 0.05) is 23.4 Å². The molecule has 3 heteroatoms. The molecule has 1 saturated carbocycles. The molecule has 0 saturated heterocycles. The summed E-state index contributed by atoms with van der Waals surface area (Å²) in [6.45, 7) is 4.54. The second-order valence-electron chi connectivity index (χ2n) is 5.11. The van der Waals surface area contributed by atoms with Crippen LogP contribution in [-0.4, -0.2) is 10.8 Å². The first-order chi connectivity index (χ1) is 7.66. The van der Waals surface area contributed by atoms with Crippen LogP contribution in [-0.2, 0) is 11.2 Å². The number of carbonyl (C=O) groups excluding carboxylic acids is 1. The summed E-state index contributed by atoms with van der Waals surface area (Å²) in [5.41, 5.74) is 1.85. The molecular formula is C13H19NOS. The van der Waals surface area contributed by atoms with Crippen LogP contribution in [0.1, 0.15) is 38.0 Å². The molecule has 2 rings (SSSR count). The van der Waals surface area contributed by atoms with Crippen molar-refractivity contribution >= 4 is 17.1 Å². The molecule has 88 valence electrons. The Morgan fingerprint density at radius 2 is 2.38 bits per heavy atom. The molecule has 1 aliphatic rings. The Morgan fingerprint density at radius 3 is 3.00 bits per heavy atom. The molecule has 0 bridgehead atoms. The molecule has 0 radical (unpaired) electrons. The van der Waals surface area contributed by atoms with Crippen LogP contribution in [0.5, 0.6) is 0 Å². The molecule has 0 amide bonds. The summed E-state index contributed by atoms with van der Waals surface area (Å²) in [6, 6.07) is 0. The van der Waals surface area contributed by atoms with Gasteiger partial charge in [-0.2, -0.15) is 0 Å². The van der Waals surface area contributed by atoms with E-state index in [-0.39, 0.29) is 5.92 Å². The van der Waals surface area contributed by atoms with E-state index >= 15 is 0 Å². The number of carbonyl (C=O) groups is 1. The van der Waals surface area contributed by atoms with Crippen molar-refractivity contribution in [3.05, 3.63) is 16.6 Å². The maximum Gasteiger partial charge on any atom is 0.136 e. The van der Waals surface area contributed by atoms with Gasteiger partial charge in [0.1, 0.15) is 5.78 Å². The van der Waals surface area contributed by atoms with Gasteiger partial charge in [0.15, 0.2) is 0 Å². The van der Waals surface area contributed by atoms with Crippen LogP contribution in [0.3, 0.4) is 0 Å². The second-order valence-corrected chi connectivity index (χ2v) is 6.08. The van der Waals surface area contributed by atoms with Crippen LogP contribution in [0.4, 0.5) is 0 Å². The highest BCUT2D eigenvalue weighted by Crippen LogP contribution is 2.33. The van der Waals surface area contributed by atoms with E-state index in [2.05, 4.69) is 18.8 Å². The summed E-state index contributed by atoms with van der Waals surface area (Å²) >= 11 is 1.66. The van der Waals surface area contributed by atoms with Crippen molar-refractivity contribution in [3.63, 3.8) is 0 Å². The normalized spacial score (nSPS) is 26.3. The molecule has 2 unspecified atom stereocenters. The third kappa shape index (κ3) is 2.70. The van der Waals surface area contributed by atoms with Crippen molar-refractivity contribution in [2.24, 2.45) is 17.8 Å². The fraction of sp³-hybridized carbons (Fsp3) is 0.692. The minimum atomic E-state index is 0.251. The standard InChI is InChI=1S/C13H19NOS/c1-9(2)10-3-4-13(15)11(5-10)6-12-7-14-8-16-12/h7-11H,3-6H2,1-2H3. The van der Waals surface area contributed by atoms with Gasteiger partial charge in [-0.3, -0.25) is 9.78 Å². The topological polar surface area (TPSA) is 30.0 Å². The molecule has 1 fully saturated rings. The van der Waals surface area contributed by atoms with E-state index in [4.69, 9.17) is 0 Å². The Labute approximate surface area is 101 Å². The SMILES string of the molecule is CC(C)C1CCC(=O)C(Cc2cncs2)C1. The average Bonchev–Trinajstić information content (AvgIpc) is 2.73. The van der Waals surface area contributed by atoms with Crippen LogP contribution in [0, 0.1) is 17.8 Å². The van der Waals surface area contributed by atoms with Crippen molar-refractivity contribution in [2.45, 2.75) is 39.5 Å². The van der Waals surface area contributed by atoms with E-state index in [0.717, 1.165) is 31.6 Å². The summed E-state index contributed by atoms with van der Waals surface area (Å²) in [7, 11) is 0. The molecule has 0 aromatic carbocycles. The summed E-state index contributed by atoms with van der Waals surface area (Å²) in [6.07, 6.45) is 5.76. The number of hydrogen-bond acceptors (Lipinski definition) is 3. The zero-order valence-electron chi connectivity index (χ0n) is 9.98. The lowest BCUT2D eigenvalue weighted by Crippen LogP contribution is -2.28. The number of thiazole rings is 1. The van der Waals surface area contributed by atoms with Crippen LogP contribution < -0.4 is 0 Å². The van der Waals surface area contributed by atoms with Gasteiger partial charge in [-0.15, -0.1) is 11.3 Å². The summed E-state index contributed by atoms with van der Waals surface area (Å²) < 4.78 is 0. The zero-order chi connectivity index (χ0) is 11.5. The third-order valence-corrected chi connectivity index (χ3v) is 4.48. The van der Waals surface area contributed by atoms with E-state index in [1.165, 1.54) is 4.88 Å². The van der Waals surface area contributed by atoms with E-state index in [9.17, 15) is 4.79 Å². The Bertz CT molecular complexity index is 345. The number of rotatable bonds is 3. The molecule has 2 nitrogen and oxygen atoms in total. The minimum Gasteiger partial charge on any atom is -0.299 e. The minimum absolute atomic E-state index is 0.251. The van der Waals surface area contributed by atoms with E-state index < -0.39 is 0 Å². The van der Waals surface area contributed by atoms with Crippen molar-refractivity contribution in [2.75, 3.05) is 0 Å². The van der Waals surface area contributed by atoms with Gasteiger partial charge in [0.05, 0.1) is 5.51 Å². The Balaban J connectivity index is 1.99. The Hall–Kier alpha value is -0.700. The van der Waals surface area contributed by atoms with E-state index in [1.54, 1.807) is 11.3 Å². The zero-order valence-corrected chi connectivity index (χ0v) is 10.8. The summed E-state index contributed by atoms with van der Waals surface area (Å²) in [5, 5.41) is 0. The highest BCUT2D eigenvalue weighted by atomic mass is 32.1. The van der Waals surface area contributed by atoms with Gasteiger partial charge < -0.3 is 0 Å². The number of Topliss-reactive ketones (excluding diaryl/α,β-unsaturated/α-hetero) is 1. The molecule has 16 heavy (non-hydrogen) atoms. The van der Waals surface area contributed by atoms with Crippen molar-refractivity contribution < 1.29 is 4.79 Å². The number of nitrogens with zero attached hydrogens (tertiary/aromatic N) is 1. The van der Waals surface area contributed by atoms with Gasteiger partial charge in [-0.05, 0) is 31.1 Å². The molecule has 1 aromatic heterocycles. The maximum atomic E-state index is 11.9.